The fourth-order valence-electron chi connectivity index (χ4n) is 3.77. The van der Waals surface area contributed by atoms with E-state index in [1.54, 1.807) is 0 Å². The van der Waals surface area contributed by atoms with E-state index in [4.69, 9.17) is 4.99 Å². The Morgan fingerprint density at radius 1 is 1.17 bits per heavy atom. The number of hydrogen-bond donors (Lipinski definition) is 2. The average Bonchev–Trinajstić information content (AvgIpc) is 3.03. The summed E-state index contributed by atoms with van der Waals surface area (Å²) in [7, 11) is 0. The number of amides is 2. The number of halogens is 2. The molecule has 2 amide bonds. The van der Waals surface area contributed by atoms with Crippen LogP contribution < -0.4 is 10.6 Å². The second-order valence-electron chi connectivity index (χ2n) is 7.76. The lowest BCUT2D eigenvalue weighted by molar-refractivity contribution is -0.119. The van der Waals surface area contributed by atoms with Crippen molar-refractivity contribution in [3.8, 4) is 0 Å². The molecule has 30 heavy (non-hydrogen) atoms. The van der Waals surface area contributed by atoms with Crippen LogP contribution in [-0.4, -0.2) is 47.7 Å². The second kappa shape index (κ2) is 7.95. The highest BCUT2D eigenvalue weighted by atomic mass is 19.1. The van der Waals surface area contributed by atoms with Gasteiger partial charge in [0.2, 0.25) is 5.91 Å². The third-order valence-electron chi connectivity index (χ3n) is 5.47. The first kappa shape index (κ1) is 20.2. The zero-order chi connectivity index (χ0) is 21.3. The third kappa shape index (κ3) is 4.23. The fourth-order valence-corrected chi connectivity index (χ4v) is 3.77. The highest BCUT2D eigenvalue weighted by Crippen LogP contribution is 2.29. The molecule has 0 atom stereocenters. The number of piperidine rings is 1. The van der Waals surface area contributed by atoms with Crippen LogP contribution in [0.15, 0.2) is 47.5 Å². The molecule has 4 rings (SSSR count). The largest absolute Gasteiger partial charge is 0.326 e. The van der Waals surface area contributed by atoms with E-state index in [0.717, 1.165) is 23.3 Å². The van der Waals surface area contributed by atoms with Crippen molar-refractivity contribution < 1.29 is 18.4 Å². The molecule has 8 heteroatoms. The van der Waals surface area contributed by atoms with Crippen LogP contribution in [0.2, 0.25) is 0 Å². The highest BCUT2D eigenvalue weighted by Gasteiger charge is 2.42. The lowest BCUT2D eigenvalue weighted by Crippen LogP contribution is -2.52. The molecule has 6 nitrogen and oxygen atoms in total. The van der Waals surface area contributed by atoms with Crippen LogP contribution in [0.1, 0.15) is 24.0 Å². The molecule has 2 aromatic rings. The number of nitrogens with one attached hydrogen (secondary N) is 2. The lowest BCUT2D eigenvalue weighted by Gasteiger charge is -2.36. The van der Waals surface area contributed by atoms with Gasteiger partial charge in [-0.2, -0.15) is 0 Å². The predicted octanol–water partition coefficient (Wildman–Crippen LogP) is 2.62. The van der Waals surface area contributed by atoms with Gasteiger partial charge in [0.25, 0.3) is 5.91 Å². The smallest absolute Gasteiger partial charge is 0.272 e. The first-order valence-corrected chi connectivity index (χ1v) is 9.80. The molecular weight excluding hydrogens is 390 g/mol. The molecule has 1 saturated heterocycles. The van der Waals surface area contributed by atoms with Gasteiger partial charge in [-0.15, -0.1) is 0 Å². The molecule has 2 aromatic carbocycles. The molecular formula is C22H22F2N4O2. The van der Waals surface area contributed by atoms with Crippen LogP contribution in [0.3, 0.4) is 0 Å². The summed E-state index contributed by atoms with van der Waals surface area (Å²) in [5.41, 5.74) is 1.64. The minimum Gasteiger partial charge on any atom is -0.326 e. The number of aliphatic imine (C=N–C) groups is 1. The number of rotatable bonds is 4. The predicted molar refractivity (Wildman–Crippen MR) is 109 cm³/mol. The van der Waals surface area contributed by atoms with E-state index < -0.39 is 17.3 Å². The summed E-state index contributed by atoms with van der Waals surface area (Å²) in [6.45, 7) is 3.18. The third-order valence-corrected chi connectivity index (χ3v) is 5.47. The molecule has 0 saturated carbocycles. The van der Waals surface area contributed by atoms with Crippen molar-refractivity contribution in [1.29, 1.82) is 0 Å². The van der Waals surface area contributed by atoms with Gasteiger partial charge in [-0.3, -0.25) is 19.5 Å². The fraction of sp³-hybridized carbons (Fsp3) is 0.318. The van der Waals surface area contributed by atoms with Crippen molar-refractivity contribution >= 4 is 23.2 Å². The summed E-state index contributed by atoms with van der Waals surface area (Å²) in [5.74, 6) is -2.07. The van der Waals surface area contributed by atoms with Crippen LogP contribution in [0.25, 0.3) is 0 Å². The molecule has 0 unspecified atom stereocenters. The van der Waals surface area contributed by atoms with E-state index in [0.29, 0.717) is 31.6 Å². The number of aryl methyl sites for hydroxylation is 1. The van der Waals surface area contributed by atoms with Gasteiger partial charge in [-0.1, -0.05) is 29.8 Å². The highest BCUT2D eigenvalue weighted by molar-refractivity contribution is 6.46. The number of likely N-dealkylation sites (tertiary alicyclic amines) is 1. The number of anilines is 1. The van der Waals surface area contributed by atoms with Gasteiger partial charge >= 0.3 is 0 Å². The number of benzene rings is 2. The molecule has 2 N–H and O–H groups in total. The number of carbonyl (C=O) groups is 2. The van der Waals surface area contributed by atoms with Crippen LogP contribution in [0.4, 0.5) is 14.5 Å². The molecule has 2 aliphatic rings. The van der Waals surface area contributed by atoms with Crippen LogP contribution in [0, 0.1) is 18.6 Å². The van der Waals surface area contributed by atoms with E-state index in [1.165, 1.54) is 6.07 Å². The molecule has 0 aromatic heterocycles. The summed E-state index contributed by atoms with van der Waals surface area (Å²) in [4.78, 5) is 31.3. The van der Waals surface area contributed by atoms with Crippen molar-refractivity contribution in [2.75, 3.05) is 25.0 Å². The van der Waals surface area contributed by atoms with Crippen molar-refractivity contribution in [3.63, 3.8) is 0 Å². The van der Waals surface area contributed by atoms with Crippen LogP contribution >= 0.6 is 0 Å². The summed E-state index contributed by atoms with van der Waals surface area (Å²) >= 11 is 0. The SMILES string of the molecule is Cc1ccc(C2=NC3(CCN(CC(=O)Nc4ccc(F)cc4F)CC3)NC2=O)cc1. The normalized spacial score (nSPS) is 18.2. The minimum absolute atomic E-state index is 0.0507. The van der Waals surface area contributed by atoms with Gasteiger partial charge < -0.3 is 10.6 Å². The number of carbonyl (C=O) groups excluding carboxylic acids is 2. The lowest BCUT2D eigenvalue weighted by atomic mass is 9.98. The van der Waals surface area contributed by atoms with Crippen molar-refractivity contribution in [2.24, 2.45) is 4.99 Å². The summed E-state index contributed by atoms with van der Waals surface area (Å²) in [6, 6.07) is 10.7. The molecule has 0 radical (unpaired) electrons. The second-order valence-corrected chi connectivity index (χ2v) is 7.76. The van der Waals surface area contributed by atoms with E-state index in [-0.39, 0.29) is 24.0 Å². The Balaban J connectivity index is 1.36. The van der Waals surface area contributed by atoms with E-state index in [9.17, 15) is 18.4 Å². The Kier molecular flexibility index (Phi) is 5.34. The maximum Gasteiger partial charge on any atom is 0.272 e. The van der Waals surface area contributed by atoms with E-state index in [2.05, 4.69) is 10.6 Å². The topological polar surface area (TPSA) is 73.8 Å². The zero-order valence-corrected chi connectivity index (χ0v) is 16.5. The van der Waals surface area contributed by atoms with Crippen molar-refractivity contribution in [1.82, 2.24) is 10.2 Å². The molecule has 0 bridgehead atoms. The zero-order valence-electron chi connectivity index (χ0n) is 16.5. The molecule has 0 aliphatic carbocycles. The minimum atomic E-state index is -0.812. The summed E-state index contributed by atoms with van der Waals surface area (Å²) < 4.78 is 26.7. The quantitative estimate of drug-likeness (QED) is 0.811. The monoisotopic (exact) mass is 412 g/mol. The number of hydrogen-bond acceptors (Lipinski definition) is 4. The Bertz CT molecular complexity index is 1010. The Hall–Kier alpha value is -3.13. The molecule has 156 valence electrons. The summed E-state index contributed by atoms with van der Waals surface area (Å²) in [5, 5.41) is 5.47. The van der Waals surface area contributed by atoms with Crippen molar-refractivity contribution in [3.05, 3.63) is 65.2 Å². The van der Waals surface area contributed by atoms with Gasteiger partial charge in [-0.05, 0) is 19.1 Å². The molecule has 1 fully saturated rings. The Labute approximate surface area is 173 Å². The summed E-state index contributed by atoms with van der Waals surface area (Å²) in [6.07, 6.45) is 1.15. The Morgan fingerprint density at radius 3 is 2.53 bits per heavy atom. The van der Waals surface area contributed by atoms with E-state index in [1.807, 2.05) is 36.1 Å². The standard InChI is InChI=1S/C22H22F2N4O2/c1-14-2-4-15(5-3-14)20-21(30)27-22(26-20)8-10-28(11-9-22)13-19(29)25-18-7-6-16(23)12-17(18)24/h2-7,12H,8-11,13H2,1H3,(H,25,29)(H,27,30). The van der Waals surface area contributed by atoms with E-state index >= 15 is 0 Å². The van der Waals surface area contributed by atoms with Crippen LogP contribution in [0.5, 0.6) is 0 Å². The first-order chi connectivity index (χ1) is 14.3. The Morgan fingerprint density at radius 2 is 1.87 bits per heavy atom. The van der Waals surface area contributed by atoms with Gasteiger partial charge in [0.1, 0.15) is 23.0 Å². The van der Waals surface area contributed by atoms with Gasteiger partial charge in [0.15, 0.2) is 0 Å². The maximum absolute atomic E-state index is 13.7. The maximum atomic E-state index is 13.7. The molecule has 2 heterocycles. The van der Waals surface area contributed by atoms with Crippen LogP contribution in [-0.2, 0) is 9.59 Å². The van der Waals surface area contributed by atoms with Crippen molar-refractivity contribution in [2.45, 2.75) is 25.4 Å². The molecule has 1 spiro atoms. The number of nitrogens with zero attached hydrogens (tertiary/aromatic N) is 2. The molecule has 2 aliphatic heterocycles. The van der Waals surface area contributed by atoms with Gasteiger partial charge in [0, 0.05) is 37.6 Å². The van der Waals surface area contributed by atoms with Gasteiger partial charge in [-0.25, -0.2) is 8.78 Å². The van der Waals surface area contributed by atoms with Gasteiger partial charge in [0.05, 0.1) is 12.2 Å². The average molecular weight is 412 g/mol. The first-order valence-electron chi connectivity index (χ1n) is 9.80.